The lowest BCUT2D eigenvalue weighted by atomic mass is 10.0. The molecule has 0 bridgehead atoms. The van der Waals surface area contributed by atoms with E-state index in [1.54, 1.807) is 6.08 Å². The molecule has 0 aromatic heterocycles. The summed E-state index contributed by atoms with van der Waals surface area (Å²) in [5, 5.41) is 9.75. The van der Waals surface area contributed by atoms with Gasteiger partial charge in [0.1, 0.15) is 12.2 Å². The van der Waals surface area contributed by atoms with Crippen LogP contribution in [-0.4, -0.2) is 48.7 Å². The van der Waals surface area contributed by atoms with Gasteiger partial charge >= 0.3 is 5.97 Å². The van der Waals surface area contributed by atoms with Crippen LogP contribution in [0.5, 0.6) is 0 Å². The number of carbonyl (C=O) groups is 1. The summed E-state index contributed by atoms with van der Waals surface area (Å²) in [5.74, 6) is -0.340. The van der Waals surface area contributed by atoms with Crippen molar-refractivity contribution in [2.75, 3.05) is 13.2 Å². The first-order valence-electron chi connectivity index (χ1n) is 6.94. The largest absolute Gasteiger partial charge is 0.459 e. The molecule has 2 aliphatic rings. The van der Waals surface area contributed by atoms with Gasteiger partial charge in [0, 0.05) is 13.2 Å². The van der Waals surface area contributed by atoms with Gasteiger partial charge in [-0.05, 0) is 25.7 Å². The van der Waals surface area contributed by atoms with Crippen LogP contribution < -0.4 is 0 Å². The fourth-order valence-electron chi connectivity index (χ4n) is 2.52. The van der Waals surface area contributed by atoms with E-state index < -0.39 is 12.2 Å². The lowest BCUT2D eigenvalue weighted by molar-refractivity contribution is -0.167. The molecule has 0 unspecified atom stereocenters. The van der Waals surface area contributed by atoms with Gasteiger partial charge in [-0.25, -0.2) is 0 Å². The number of aliphatic hydroxyl groups is 1. The molecule has 19 heavy (non-hydrogen) atoms. The SMILES string of the molecule is C=C[C@@H]1OCCC[C@H]1OC(=O)C[C@H]1OCCC[C@@H]1O. The van der Waals surface area contributed by atoms with E-state index in [0.717, 1.165) is 19.3 Å². The third kappa shape index (κ3) is 4.03. The smallest absolute Gasteiger partial charge is 0.308 e. The molecule has 0 saturated carbocycles. The predicted molar refractivity (Wildman–Crippen MR) is 68.6 cm³/mol. The standard InChI is InChI=1S/C14H22O5/c1-2-11-12(6-4-8-17-11)19-14(16)9-13-10(15)5-3-7-18-13/h2,10-13,15H,1,3-9H2/t10-,11-,12+,13+/m0/s1. The van der Waals surface area contributed by atoms with Gasteiger partial charge in [-0.1, -0.05) is 6.08 Å². The predicted octanol–water partition coefficient (Wildman–Crippen LogP) is 1.19. The Kier molecular flexibility index (Phi) is 5.36. The maximum Gasteiger partial charge on any atom is 0.308 e. The van der Waals surface area contributed by atoms with Crippen LogP contribution in [0.4, 0.5) is 0 Å². The Morgan fingerprint density at radius 2 is 2.05 bits per heavy atom. The molecule has 0 aliphatic carbocycles. The normalized spacial score (nSPS) is 35.6. The van der Waals surface area contributed by atoms with Crippen LogP contribution in [0, 0.1) is 0 Å². The fraction of sp³-hybridized carbons (Fsp3) is 0.786. The first-order valence-corrected chi connectivity index (χ1v) is 6.94. The quantitative estimate of drug-likeness (QED) is 0.614. The Balaban J connectivity index is 1.81. The first-order chi connectivity index (χ1) is 9.20. The summed E-state index contributed by atoms with van der Waals surface area (Å²) in [6.45, 7) is 4.96. The molecule has 4 atom stereocenters. The van der Waals surface area contributed by atoms with E-state index >= 15 is 0 Å². The Labute approximate surface area is 113 Å². The average Bonchev–Trinajstić information content (AvgIpc) is 2.42. The van der Waals surface area contributed by atoms with E-state index in [4.69, 9.17) is 14.2 Å². The second-order valence-corrected chi connectivity index (χ2v) is 5.06. The van der Waals surface area contributed by atoms with E-state index in [0.29, 0.717) is 19.6 Å². The summed E-state index contributed by atoms with van der Waals surface area (Å²) < 4.78 is 16.3. The van der Waals surface area contributed by atoms with Crippen molar-refractivity contribution in [3.8, 4) is 0 Å². The Morgan fingerprint density at radius 1 is 1.32 bits per heavy atom. The summed E-state index contributed by atoms with van der Waals surface area (Å²) >= 11 is 0. The van der Waals surface area contributed by atoms with Crippen molar-refractivity contribution in [1.82, 2.24) is 0 Å². The van der Waals surface area contributed by atoms with E-state index in [-0.39, 0.29) is 24.6 Å². The zero-order valence-corrected chi connectivity index (χ0v) is 11.1. The third-order valence-corrected chi connectivity index (χ3v) is 3.60. The molecular formula is C14H22O5. The molecule has 108 valence electrons. The Hall–Kier alpha value is -0.910. The van der Waals surface area contributed by atoms with Gasteiger partial charge in [0.05, 0.1) is 18.6 Å². The van der Waals surface area contributed by atoms with Gasteiger partial charge in [-0.3, -0.25) is 4.79 Å². The Bertz CT molecular complexity index is 317. The molecule has 2 fully saturated rings. The third-order valence-electron chi connectivity index (χ3n) is 3.60. The molecule has 2 heterocycles. The van der Waals surface area contributed by atoms with Crippen molar-refractivity contribution >= 4 is 5.97 Å². The second-order valence-electron chi connectivity index (χ2n) is 5.06. The number of hydrogen-bond acceptors (Lipinski definition) is 5. The van der Waals surface area contributed by atoms with Gasteiger partial charge in [0.25, 0.3) is 0 Å². The molecule has 5 heteroatoms. The molecule has 2 aliphatic heterocycles. The molecule has 0 amide bonds. The summed E-state index contributed by atoms with van der Waals surface area (Å²) in [6.07, 6.45) is 3.45. The zero-order chi connectivity index (χ0) is 13.7. The fourth-order valence-corrected chi connectivity index (χ4v) is 2.52. The second kappa shape index (κ2) is 7.03. The van der Waals surface area contributed by atoms with Gasteiger partial charge in [-0.15, -0.1) is 6.58 Å². The van der Waals surface area contributed by atoms with E-state index in [2.05, 4.69) is 6.58 Å². The van der Waals surface area contributed by atoms with Crippen LogP contribution in [0.2, 0.25) is 0 Å². The summed E-state index contributed by atoms with van der Waals surface area (Å²) in [4.78, 5) is 11.9. The minimum atomic E-state index is -0.570. The number of aliphatic hydroxyl groups excluding tert-OH is 1. The number of hydrogen-bond donors (Lipinski definition) is 1. The lowest BCUT2D eigenvalue weighted by Crippen LogP contribution is -2.39. The van der Waals surface area contributed by atoms with Crippen LogP contribution in [-0.2, 0) is 19.0 Å². The van der Waals surface area contributed by atoms with Crippen LogP contribution in [0.3, 0.4) is 0 Å². The minimum absolute atomic E-state index is 0.0987. The van der Waals surface area contributed by atoms with Crippen molar-refractivity contribution < 1.29 is 24.1 Å². The van der Waals surface area contributed by atoms with Crippen LogP contribution in [0.15, 0.2) is 12.7 Å². The van der Waals surface area contributed by atoms with E-state index in [1.807, 2.05) is 0 Å². The number of rotatable bonds is 4. The monoisotopic (exact) mass is 270 g/mol. The number of carbonyl (C=O) groups excluding carboxylic acids is 1. The topological polar surface area (TPSA) is 65.0 Å². The van der Waals surface area contributed by atoms with Crippen molar-refractivity contribution in [2.24, 2.45) is 0 Å². The molecule has 1 N–H and O–H groups in total. The highest BCUT2D eigenvalue weighted by molar-refractivity contribution is 5.70. The number of esters is 1. The molecule has 2 rings (SSSR count). The van der Waals surface area contributed by atoms with Gasteiger partial charge < -0.3 is 19.3 Å². The van der Waals surface area contributed by atoms with Crippen molar-refractivity contribution in [3.63, 3.8) is 0 Å². The van der Waals surface area contributed by atoms with Crippen molar-refractivity contribution in [1.29, 1.82) is 0 Å². The van der Waals surface area contributed by atoms with Crippen molar-refractivity contribution in [2.45, 2.75) is 56.5 Å². The Morgan fingerprint density at radius 3 is 2.79 bits per heavy atom. The lowest BCUT2D eigenvalue weighted by Gasteiger charge is -2.31. The maximum atomic E-state index is 11.9. The molecule has 0 radical (unpaired) electrons. The molecular weight excluding hydrogens is 248 g/mol. The molecule has 0 aromatic rings. The summed E-state index contributed by atoms with van der Waals surface area (Å²) in [7, 11) is 0. The average molecular weight is 270 g/mol. The molecule has 0 aromatic carbocycles. The van der Waals surface area contributed by atoms with Gasteiger partial charge in [0.2, 0.25) is 0 Å². The van der Waals surface area contributed by atoms with Gasteiger partial charge in [0.15, 0.2) is 0 Å². The molecule has 0 spiro atoms. The highest BCUT2D eigenvalue weighted by Gasteiger charge is 2.31. The zero-order valence-electron chi connectivity index (χ0n) is 11.1. The summed E-state index contributed by atoms with van der Waals surface area (Å²) in [5.41, 5.74) is 0. The van der Waals surface area contributed by atoms with Gasteiger partial charge in [-0.2, -0.15) is 0 Å². The highest BCUT2D eigenvalue weighted by atomic mass is 16.6. The van der Waals surface area contributed by atoms with Crippen LogP contribution in [0.1, 0.15) is 32.1 Å². The minimum Gasteiger partial charge on any atom is -0.459 e. The number of ether oxygens (including phenoxy) is 3. The first kappa shape index (κ1) is 14.5. The molecule has 5 nitrogen and oxygen atoms in total. The maximum absolute atomic E-state index is 11.9. The summed E-state index contributed by atoms with van der Waals surface area (Å²) in [6, 6.07) is 0. The van der Waals surface area contributed by atoms with E-state index in [9.17, 15) is 9.90 Å². The highest BCUT2D eigenvalue weighted by Crippen LogP contribution is 2.21. The van der Waals surface area contributed by atoms with Crippen LogP contribution in [0.25, 0.3) is 0 Å². The molecule has 2 saturated heterocycles. The van der Waals surface area contributed by atoms with Crippen LogP contribution >= 0.6 is 0 Å². The van der Waals surface area contributed by atoms with Crippen molar-refractivity contribution in [3.05, 3.63) is 12.7 Å². The van der Waals surface area contributed by atoms with E-state index in [1.165, 1.54) is 0 Å².